The molecule has 0 aliphatic heterocycles. The van der Waals surface area contributed by atoms with E-state index in [0.29, 0.717) is 5.92 Å². The number of unbranched alkanes of at least 4 members (excludes halogenated alkanes) is 5. The second kappa shape index (κ2) is 10.9. The second-order valence-corrected chi connectivity index (χ2v) is 12.4. The zero-order valence-electron chi connectivity index (χ0n) is 21.1. The SMILES string of the molecule is C=CC(C)c1ccc2c(c1)C(I)(CCCCCCCC)c1cc(C(C)(C)CCC)ccc1-2. The molecule has 2 aromatic carbocycles. The summed E-state index contributed by atoms with van der Waals surface area (Å²) in [7, 11) is 0. The van der Waals surface area contributed by atoms with Crippen LogP contribution in [0.5, 0.6) is 0 Å². The molecule has 0 heterocycles. The highest BCUT2D eigenvalue weighted by Gasteiger charge is 2.41. The highest BCUT2D eigenvalue weighted by Crippen LogP contribution is 2.56. The molecule has 0 spiro atoms. The van der Waals surface area contributed by atoms with Gasteiger partial charge in [-0.05, 0) is 57.6 Å². The fourth-order valence-corrected chi connectivity index (χ4v) is 6.68. The van der Waals surface area contributed by atoms with Crippen molar-refractivity contribution in [3.05, 3.63) is 71.3 Å². The van der Waals surface area contributed by atoms with Gasteiger partial charge in [-0.1, -0.05) is 145 Å². The topological polar surface area (TPSA) is 0 Å². The molecule has 0 fully saturated rings. The quantitative estimate of drug-likeness (QED) is 0.108. The Morgan fingerprint density at radius 2 is 1.53 bits per heavy atom. The summed E-state index contributed by atoms with van der Waals surface area (Å²) in [5.74, 6) is 0.387. The predicted molar refractivity (Wildman–Crippen MR) is 151 cm³/mol. The number of fused-ring (bicyclic) bond motifs is 3. The third-order valence-corrected chi connectivity index (χ3v) is 9.32. The lowest BCUT2D eigenvalue weighted by molar-refractivity contribution is 0.472. The molecule has 0 saturated heterocycles. The third-order valence-electron chi connectivity index (χ3n) is 7.62. The predicted octanol–water partition coefficient (Wildman–Crippen LogP) is 10.5. The lowest BCUT2D eigenvalue weighted by Gasteiger charge is -2.29. The van der Waals surface area contributed by atoms with Gasteiger partial charge in [0.05, 0.1) is 3.42 Å². The van der Waals surface area contributed by atoms with Crippen molar-refractivity contribution in [1.82, 2.24) is 0 Å². The summed E-state index contributed by atoms with van der Waals surface area (Å²) in [4.78, 5) is 0. The monoisotopic (exact) mass is 542 g/mol. The van der Waals surface area contributed by atoms with Crippen LogP contribution in [0.25, 0.3) is 11.1 Å². The molecule has 1 aliphatic carbocycles. The molecule has 0 aromatic heterocycles. The molecule has 0 N–H and O–H groups in total. The van der Waals surface area contributed by atoms with Crippen LogP contribution in [-0.4, -0.2) is 0 Å². The molecule has 1 aliphatic rings. The van der Waals surface area contributed by atoms with Crippen molar-refractivity contribution < 1.29 is 0 Å². The van der Waals surface area contributed by atoms with Crippen molar-refractivity contribution in [1.29, 1.82) is 0 Å². The summed E-state index contributed by atoms with van der Waals surface area (Å²) in [5.41, 5.74) is 9.08. The highest BCUT2D eigenvalue weighted by atomic mass is 127. The van der Waals surface area contributed by atoms with Crippen LogP contribution in [0.2, 0.25) is 0 Å². The Morgan fingerprint density at radius 1 is 0.906 bits per heavy atom. The summed E-state index contributed by atoms with van der Waals surface area (Å²) >= 11 is 2.81. The standard InChI is InChI=1S/C31H43I/c1-7-10-11-12-13-14-20-31(32)28-21-24(23(4)9-3)15-17-26(28)27-18-16-25(22-29(27)31)30(5,6)19-8-2/h9,15-18,21-23H,3,7-8,10-14,19-20H2,1-2,4-6H3. The smallest absolute Gasteiger partial charge is 0.0730 e. The van der Waals surface area contributed by atoms with Crippen LogP contribution >= 0.6 is 22.6 Å². The minimum Gasteiger partial charge on any atom is -0.102 e. The Kier molecular flexibility index (Phi) is 8.69. The van der Waals surface area contributed by atoms with Crippen LogP contribution < -0.4 is 0 Å². The first kappa shape index (κ1) is 25.5. The average molecular weight is 543 g/mol. The molecule has 0 nitrogen and oxygen atoms in total. The van der Waals surface area contributed by atoms with Gasteiger partial charge >= 0.3 is 0 Å². The second-order valence-electron chi connectivity index (χ2n) is 10.5. The van der Waals surface area contributed by atoms with E-state index in [0.717, 1.165) is 0 Å². The first-order valence-corrected chi connectivity index (χ1v) is 14.0. The van der Waals surface area contributed by atoms with Gasteiger partial charge in [0.1, 0.15) is 0 Å². The molecule has 2 aromatic rings. The summed E-state index contributed by atoms with van der Waals surface area (Å²) < 4.78 is 0.0718. The molecule has 1 heteroatoms. The van der Waals surface area contributed by atoms with Crippen LogP contribution in [-0.2, 0) is 8.84 Å². The molecule has 0 saturated carbocycles. The van der Waals surface area contributed by atoms with E-state index in [1.807, 2.05) is 0 Å². The zero-order chi connectivity index (χ0) is 23.4. The maximum absolute atomic E-state index is 4.05. The van der Waals surface area contributed by atoms with E-state index in [1.54, 1.807) is 5.56 Å². The van der Waals surface area contributed by atoms with Gasteiger partial charge in [-0.25, -0.2) is 0 Å². The Labute approximate surface area is 211 Å². The highest BCUT2D eigenvalue weighted by molar-refractivity contribution is 14.1. The van der Waals surface area contributed by atoms with Crippen molar-refractivity contribution in [2.24, 2.45) is 0 Å². The van der Waals surface area contributed by atoms with Gasteiger partial charge in [0.25, 0.3) is 0 Å². The van der Waals surface area contributed by atoms with Crippen LogP contribution in [0.4, 0.5) is 0 Å². The van der Waals surface area contributed by atoms with Gasteiger partial charge in [-0.3, -0.25) is 0 Å². The summed E-state index contributed by atoms with van der Waals surface area (Å²) in [6, 6.07) is 14.6. The average Bonchev–Trinajstić information content (AvgIpc) is 3.03. The summed E-state index contributed by atoms with van der Waals surface area (Å²) in [6.45, 7) is 15.7. The molecule has 2 unspecified atom stereocenters. The molecule has 0 amide bonds. The van der Waals surface area contributed by atoms with E-state index in [2.05, 4.69) is 106 Å². The van der Waals surface area contributed by atoms with Crippen LogP contribution in [0.15, 0.2) is 49.1 Å². The Morgan fingerprint density at radius 3 is 2.19 bits per heavy atom. The number of allylic oxidation sites excluding steroid dienone is 1. The number of halogens is 1. The molecule has 0 radical (unpaired) electrons. The van der Waals surface area contributed by atoms with Crippen molar-refractivity contribution in [2.75, 3.05) is 0 Å². The molecular formula is C31H43I. The van der Waals surface area contributed by atoms with E-state index >= 15 is 0 Å². The van der Waals surface area contributed by atoms with Crippen LogP contribution in [0.3, 0.4) is 0 Å². The van der Waals surface area contributed by atoms with E-state index in [1.165, 1.54) is 85.6 Å². The Hall–Kier alpha value is -1.09. The first-order valence-electron chi connectivity index (χ1n) is 12.9. The van der Waals surface area contributed by atoms with Gasteiger partial charge in [0, 0.05) is 0 Å². The Balaban J connectivity index is 2.00. The number of rotatable bonds is 12. The molecule has 3 rings (SSSR count). The van der Waals surface area contributed by atoms with E-state index in [9.17, 15) is 0 Å². The van der Waals surface area contributed by atoms with Gasteiger partial charge in [0.15, 0.2) is 0 Å². The number of hydrogen-bond acceptors (Lipinski definition) is 0. The zero-order valence-corrected chi connectivity index (χ0v) is 23.2. The van der Waals surface area contributed by atoms with Crippen LogP contribution in [0, 0.1) is 0 Å². The normalized spacial score (nSPS) is 18.3. The maximum atomic E-state index is 4.05. The van der Waals surface area contributed by atoms with E-state index in [4.69, 9.17) is 0 Å². The van der Waals surface area contributed by atoms with Gasteiger partial charge in [-0.15, -0.1) is 6.58 Å². The van der Waals surface area contributed by atoms with Gasteiger partial charge < -0.3 is 0 Å². The van der Waals surface area contributed by atoms with Crippen molar-refractivity contribution in [3.63, 3.8) is 0 Å². The van der Waals surface area contributed by atoms with E-state index < -0.39 is 0 Å². The number of hydrogen-bond donors (Lipinski definition) is 0. The maximum Gasteiger partial charge on any atom is 0.0730 e. The molecule has 32 heavy (non-hydrogen) atoms. The lowest BCUT2D eigenvalue weighted by Crippen LogP contribution is -2.20. The van der Waals surface area contributed by atoms with Gasteiger partial charge in [-0.2, -0.15) is 0 Å². The molecular weight excluding hydrogens is 499 g/mol. The Bertz CT molecular complexity index is 922. The van der Waals surface area contributed by atoms with Crippen molar-refractivity contribution in [3.8, 4) is 11.1 Å². The summed E-state index contributed by atoms with van der Waals surface area (Å²) in [5, 5.41) is 0. The number of alkyl halides is 1. The third kappa shape index (κ3) is 5.18. The molecule has 174 valence electrons. The van der Waals surface area contributed by atoms with Crippen LogP contribution in [0.1, 0.15) is 121 Å². The fraction of sp³-hybridized carbons (Fsp3) is 0.548. The molecule has 0 bridgehead atoms. The lowest BCUT2D eigenvalue weighted by atomic mass is 9.78. The largest absolute Gasteiger partial charge is 0.102 e. The van der Waals surface area contributed by atoms with E-state index in [-0.39, 0.29) is 8.84 Å². The number of benzene rings is 2. The minimum absolute atomic E-state index is 0.0718. The summed E-state index contributed by atoms with van der Waals surface area (Å²) in [6.07, 6.45) is 13.8. The minimum atomic E-state index is 0.0718. The molecule has 2 atom stereocenters. The van der Waals surface area contributed by atoms with Crippen molar-refractivity contribution >= 4 is 22.6 Å². The van der Waals surface area contributed by atoms with Gasteiger partial charge in [0.2, 0.25) is 0 Å². The van der Waals surface area contributed by atoms with Crippen molar-refractivity contribution in [2.45, 2.75) is 107 Å². The first-order chi connectivity index (χ1) is 15.3. The fourth-order valence-electron chi connectivity index (χ4n) is 5.40.